The van der Waals surface area contributed by atoms with Crippen LogP contribution in [-0.4, -0.2) is 76.6 Å². The zero-order chi connectivity index (χ0) is 23.5. The Bertz CT molecular complexity index is 1360. The lowest BCUT2D eigenvalue weighted by Crippen LogP contribution is -2.49. The van der Waals surface area contributed by atoms with Crippen LogP contribution in [0.2, 0.25) is 0 Å². The first-order valence-electron chi connectivity index (χ1n) is 11.1. The van der Waals surface area contributed by atoms with Crippen molar-refractivity contribution in [1.82, 2.24) is 29.2 Å². The lowest BCUT2D eigenvalue weighted by atomic mass is 10.2. The van der Waals surface area contributed by atoms with Gasteiger partial charge in [-0.1, -0.05) is 17.3 Å². The zero-order valence-electron chi connectivity index (χ0n) is 18.9. The minimum atomic E-state index is -3.37. The summed E-state index contributed by atoms with van der Waals surface area (Å²) in [4.78, 5) is 7.02. The third-order valence-electron chi connectivity index (χ3n) is 5.98. The molecule has 0 saturated carbocycles. The zero-order valence-corrected chi connectivity index (χ0v) is 20.5. The second-order valence-corrected chi connectivity index (χ2v) is 11.1. The van der Waals surface area contributed by atoms with Crippen LogP contribution in [0.15, 0.2) is 53.9 Å². The van der Waals surface area contributed by atoms with E-state index in [1.165, 1.54) is 0 Å². The second kappa shape index (κ2) is 9.79. The molecule has 2 aromatic heterocycles. The van der Waals surface area contributed by atoms with Gasteiger partial charge in [0, 0.05) is 43.7 Å². The molecular weight excluding hydrogens is 472 g/mol. The van der Waals surface area contributed by atoms with Crippen molar-refractivity contribution in [3.05, 3.63) is 59.6 Å². The van der Waals surface area contributed by atoms with Crippen LogP contribution in [0.4, 0.5) is 0 Å². The SMILES string of the molecule is COc1ccc(-c2nc(CN3CCN(S(=O)(=O)CCn4nnc5ccccc54)CC3)cs2)cc1. The standard InChI is InChI=1S/C23H26N6O3S2/c1-32-20-8-6-18(7-9-20)23-24-19(17-33-23)16-27-10-12-28(13-11-27)34(30,31)15-14-29-22-5-3-2-4-21(22)25-26-29/h2-9,17H,10-16H2,1H3. The van der Waals surface area contributed by atoms with Crippen LogP contribution in [0.25, 0.3) is 21.6 Å². The fraction of sp³-hybridized carbons (Fsp3) is 0.348. The van der Waals surface area contributed by atoms with Crippen LogP contribution in [-0.2, 0) is 23.1 Å². The first-order valence-corrected chi connectivity index (χ1v) is 13.6. The summed E-state index contributed by atoms with van der Waals surface area (Å²) in [5, 5.41) is 11.2. The summed E-state index contributed by atoms with van der Waals surface area (Å²) in [5.74, 6) is 0.834. The first kappa shape index (κ1) is 22.9. The number of para-hydroxylation sites is 1. The Hall–Kier alpha value is -2.86. The number of hydrogen-bond acceptors (Lipinski definition) is 8. The molecule has 2 aromatic carbocycles. The molecule has 34 heavy (non-hydrogen) atoms. The molecule has 0 N–H and O–H groups in total. The molecule has 0 amide bonds. The van der Waals surface area contributed by atoms with Gasteiger partial charge < -0.3 is 4.74 Å². The third-order valence-corrected chi connectivity index (χ3v) is 8.77. The van der Waals surface area contributed by atoms with Gasteiger partial charge in [0.1, 0.15) is 16.3 Å². The molecule has 9 nitrogen and oxygen atoms in total. The van der Waals surface area contributed by atoms with Gasteiger partial charge in [-0.2, -0.15) is 4.31 Å². The van der Waals surface area contributed by atoms with E-state index in [-0.39, 0.29) is 12.3 Å². The molecule has 178 valence electrons. The van der Waals surface area contributed by atoms with E-state index in [1.54, 1.807) is 27.4 Å². The van der Waals surface area contributed by atoms with E-state index in [0.717, 1.165) is 33.0 Å². The molecule has 1 aliphatic rings. The maximum absolute atomic E-state index is 12.9. The average molecular weight is 499 g/mol. The summed E-state index contributed by atoms with van der Waals surface area (Å²) in [5.41, 5.74) is 3.68. The maximum Gasteiger partial charge on any atom is 0.216 e. The van der Waals surface area contributed by atoms with Gasteiger partial charge in [0.25, 0.3) is 0 Å². The van der Waals surface area contributed by atoms with E-state index >= 15 is 0 Å². The Balaban J connectivity index is 1.14. The number of rotatable bonds is 8. The van der Waals surface area contributed by atoms with Gasteiger partial charge in [0.05, 0.1) is 30.6 Å². The van der Waals surface area contributed by atoms with Crippen LogP contribution >= 0.6 is 11.3 Å². The van der Waals surface area contributed by atoms with Crippen molar-refractivity contribution in [2.45, 2.75) is 13.1 Å². The van der Waals surface area contributed by atoms with E-state index in [1.807, 2.05) is 48.5 Å². The maximum atomic E-state index is 12.9. The summed E-state index contributed by atoms with van der Waals surface area (Å²) in [6.45, 7) is 3.33. The molecular formula is C23H26N6O3S2. The largest absolute Gasteiger partial charge is 0.497 e. The van der Waals surface area contributed by atoms with Gasteiger partial charge in [0.15, 0.2) is 0 Å². The summed E-state index contributed by atoms with van der Waals surface area (Å²) in [6.07, 6.45) is 0. The normalized spacial score (nSPS) is 15.7. The highest BCUT2D eigenvalue weighted by atomic mass is 32.2. The molecule has 0 bridgehead atoms. The van der Waals surface area contributed by atoms with Crippen molar-refractivity contribution in [2.24, 2.45) is 0 Å². The van der Waals surface area contributed by atoms with Crippen molar-refractivity contribution < 1.29 is 13.2 Å². The molecule has 11 heteroatoms. The number of aromatic nitrogens is 4. The summed E-state index contributed by atoms with van der Waals surface area (Å²) >= 11 is 1.62. The van der Waals surface area contributed by atoms with Gasteiger partial charge in [-0.15, -0.1) is 16.4 Å². The van der Waals surface area contributed by atoms with E-state index in [9.17, 15) is 8.42 Å². The predicted molar refractivity (Wildman–Crippen MR) is 132 cm³/mol. The monoisotopic (exact) mass is 498 g/mol. The molecule has 0 aliphatic carbocycles. The molecule has 1 aliphatic heterocycles. The highest BCUT2D eigenvalue weighted by Gasteiger charge is 2.27. The lowest BCUT2D eigenvalue weighted by Gasteiger charge is -2.33. The Morgan fingerprint density at radius 2 is 1.79 bits per heavy atom. The summed E-state index contributed by atoms with van der Waals surface area (Å²) in [6, 6.07) is 15.4. The fourth-order valence-electron chi connectivity index (χ4n) is 4.05. The van der Waals surface area contributed by atoms with Crippen molar-refractivity contribution in [2.75, 3.05) is 39.0 Å². The highest BCUT2D eigenvalue weighted by molar-refractivity contribution is 7.89. The molecule has 0 radical (unpaired) electrons. The molecule has 3 heterocycles. The van der Waals surface area contributed by atoms with Crippen LogP contribution in [0.3, 0.4) is 0 Å². The number of nitrogens with zero attached hydrogens (tertiary/aromatic N) is 6. The van der Waals surface area contributed by atoms with Crippen molar-refractivity contribution in [1.29, 1.82) is 0 Å². The quantitative estimate of drug-likeness (QED) is 0.369. The molecule has 0 spiro atoms. The Kier molecular flexibility index (Phi) is 6.59. The van der Waals surface area contributed by atoms with Crippen molar-refractivity contribution in [3.8, 4) is 16.3 Å². The van der Waals surface area contributed by atoms with E-state index < -0.39 is 10.0 Å². The first-order chi connectivity index (χ1) is 16.5. The van der Waals surface area contributed by atoms with Crippen LogP contribution in [0.1, 0.15) is 5.69 Å². The minimum absolute atomic E-state index is 0.0116. The van der Waals surface area contributed by atoms with E-state index in [2.05, 4.69) is 20.6 Å². The highest BCUT2D eigenvalue weighted by Crippen LogP contribution is 2.26. The topological polar surface area (TPSA) is 93.5 Å². The molecule has 0 atom stereocenters. The molecule has 1 fully saturated rings. The molecule has 4 aromatic rings. The smallest absolute Gasteiger partial charge is 0.216 e. The number of piperazine rings is 1. The Morgan fingerprint density at radius 3 is 2.56 bits per heavy atom. The predicted octanol–water partition coefficient (Wildman–Crippen LogP) is 2.71. The minimum Gasteiger partial charge on any atom is -0.497 e. The van der Waals surface area contributed by atoms with Gasteiger partial charge in [-0.25, -0.2) is 18.1 Å². The van der Waals surface area contributed by atoms with E-state index in [4.69, 9.17) is 9.72 Å². The number of benzene rings is 2. The Morgan fingerprint density at radius 1 is 1.03 bits per heavy atom. The van der Waals surface area contributed by atoms with E-state index in [0.29, 0.717) is 32.7 Å². The number of hydrogen-bond donors (Lipinski definition) is 0. The number of aryl methyl sites for hydroxylation is 1. The number of sulfonamides is 1. The van der Waals surface area contributed by atoms with Crippen LogP contribution in [0, 0.1) is 0 Å². The average Bonchev–Trinajstić information content (AvgIpc) is 3.50. The molecule has 0 unspecified atom stereocenters. The van der Waals surface area contributed by atoms with Crippen LogP contribution in [0.5, 0.6) is 5.75 Å². The Labute approximate surface area is 202 Å². The fourth-order valence-corrected chi connectivity index (χ4v) is 6.25. The van der Waals surface area contributed by atoms with Gasteiger partial charge in [-0.3, -0.25) is 4.90 Å². The second-order valence-electron chi connectivity index (χ2n) is 8.17. The summed E-state index contributed by atoms with van der Waals surface area (Å²) < 4.78 is 34.3. The third kappa shape index (κ3) is 4.97. The molecule has 5 rings (SSSR count). The molecule has 1 saturated heterocycles. The van der Waals surface area contributed by atoms with Gasteiger partial charge in [0.2, 0.25) is 10.0 Å². The number of methoxy groups -OCH3 is 1. The number of ether oxygens (including phenoxy) is 1. The van der Waals surface area contributed by atoms with Crippen molar-refractivity contribution >= 4 is 32.4 Å². The lowest BCUT2D eigenvalue weighted by molar-refractivity contribution is 0.180. The number of fused-ring (bicyclic) bond motifs is 1. The summed E-state index contributed by atoms with van der Waals surface area (Å²) in [7, 11) is -1.71. The van der Waals surface area contributed by atoms with Gasteiger partial charge in [-0.05, 0) is 36.4 Å². The van der Waals surface area contributed by atoms with Crippen molar-refractivity contribution in [3.63, 3.8) is 0 Å². The number of thiazole rings is 1. The van der Waals surface area contributed by atoms with Crippen LogP contribution < -0.4 is 4.74 Å². The van der Waals surface area contributed by atoms with Gasteiger partial charge >= 0.3 is 0 Å².